The van der Waals surface area contributed by atoms with Gasteiger partial charge in [-0.2, -0.15) is 5.10 Å². The van der Waals surface area contributed by atoms with Gasteiger partial charge in [-0.15, -0.1) is 0 Å². The molecule has 2 aromatic rings. The average molecular weight is 304 g/mol. The molecule has 120 valence electrons. The maximum atomic E-state index is 12.9. The van der Waals surface area contributed by atoms with Crippen LogP contribution in [0, 0.1) is 11.2 Å². The van der Waals surface area contributed by atoms with Crippen molar-refractivity contribution >= 4 is 0 Å². The summed E-state index contributed by atoms with van der Waals surface area (Å²) < 4.78 is 20.8. The molecule has 1 aromatic heterocycles. The summed E-state index contributed by atoms with van der Waals surface area (Å²) in [5, 5.41) is 4.64. The van der Waals surface area contributed by atoms with E-state index >= 15 is 0 Å². The van der Waals surface area contributed by atoms with Gasteiger partial charge in [0.1, 0.15) is 12.4 Å². The van der Waals surface area contributed by atoms with Crippen molar-refractivity contribution in [2.45, 2.75) is 53.7 Å². The third-order valence-electron chi connectivity index (χ3n) is 3.22. The molecule has 1 aromatic carbocycles. The summed E-state index contributed by atoms with van der Waals surface area (Å²) in [6, 6.07) is 8.40. The lowest BCUT2D eigenvalue weighted by Crippen LogP contribution is -2.17. The molecule has 0 amide bonds. The van der Waals surface area contributed by atoms with Gasteiger partial charge < -0.3 is 4.74 Å². The summed E-state index contributed by atoms with van der Waals surface area (Å²) in [6.07, 6.45) is 2.01. The van der Waals surface area contributed by atoms with Crippen LogP contribution >= 0.6 is 0 Å². The van der Waals surface area contributed by atoms with Crippen LogP contribution in [0.1, 0.15) is 45.4 Å². The van der Waals surface area contributed by atoms with E-state index in [1.807, 2.05) is 10.7 Å². The minimum absolute atomic E-state index is 0.128. The first-order valence-electron chi connectivity index (χ1n) is 7.81. The first-order chi connectivity index (χ1) is 10.4. The lowest BCUT2D eigenvalue weighted by atomic mass is 9.97. The summed E-state index contributed by atoms with van der Waals surface area (Å²) in [5.74, 6) is 0.550. The summed E-state index contributed by atoms with van der Waals surface area (Å²) >= 11 is 0. The summed E-state index contributed by atoms with van der Waals surface area (Å²) in [6.45, 7) is 9.90. The van der Waals surface area contributed by atoms with Gasteiger partial charge in [-0.25, -0.2) is 9.07 Å². The second-order valence-electron chi connectivity index (χ2n) is 6.86. The van der Waals surface area contributed by atoms with Gasteiger partial charge in [0.15, 0.2) is 0 Å². The minimum Gasteiger partial charge on any atom is -0.473 e. The smallest absolute Gasteiger partial charge is 0.212 e. The number of nitrogens with zero attached hydrogens (tertiary/aromatic N) is 2. The van der Waals surface area contributed by atoms with E-state index in [0.29, 0.717) is 6.61 Å². The molecule has 0 aliphatic rings. The van der Waals surface area contributed by atoms with E-state index in [1.165, 1.54) is 12.1 Å². The number of hydrogen-bond donors (Lipinski definition) is 0. The molecular formula is C18H25FN2O. The average Bonchev–Trinajstić information content (AvgIpc) is 2.78. The van der Waals surface area contributed by atoms with Gasteiger partial charge in [0.25, 0.3) is 0 Å². The molecule has 1 heterocycles. The van der Waals surface area contributed by atoms with Gasteiger partial charge in [-0.1, -0.05) is 46.2 Å². The number of hydrogen-bond acceptors (Lipinski definition) is 2. The highest BCUT2D eigenvalue weighted by atomic mass is 19.1. The normalized spacial score (nSPS) is 11.7. The Morgan fingerprint density at radius 1 is 1.18 bits per heavy atom. The van der Waals surface area contributed by atoms with E-state index < -0.39 is 0 Å². The molecule has 0 bridgehead atoms. The molecule has 4 heteroatoms. The lowest BCUT2D eigenvalue weighted by molar-refractivity contribution is 0.242. The predicted octanol–water partition coefficient (Wildman–Crippen LogP) is 4.60. The summed E-state index contributed by atoms with van der Waals surface area (Å²) in [4.78, 5) is 0. The molecule has 0 fully saturated rings. The highest BCUT2D eigenvalue weighted by Gasteiger charge is 2.16. The van der Waals surface area contributed by atoms with Crippen molar-refractivity contribution in [1.82, 2.24) is 9.78 Å². The molecular weight excluding hydrogens is 279 g/mol. The Morgan fingerprint density at radius 3 is 2.45 bits per heavy atom. The molecule has 3 nitrogen and oxygen atoms in total. The minimum atomic E-state index is -0.230. The topological polar surface area (TPSA) is 27.1 Å². The SMILES string of the molecule is CCCc1cc(OCc2ccc(F)cc2)n(CC(C)(C)C)n1. The van der Waals surface area contributed by atoms with Gasteiger partial charge in [0.05, 0.1) is 5.69 Å². The van der Waals surface area contributed by atoms with Crippen LogP contribution in [-0.2, 0) is 19.6 Å². The zero-order valence-electron chi connectivity index (χ0n) is 13.9. The van der Waals surface area contributed by atoms with Gasteiger partial charge in [0, 0.05) is 12.6 Å². The van der Waals surface area contributed by atoms with E-state index in [9.17, 15) is 4.39 Å². The summed E-state index contributed by atoms with van der Waals surface area (Å²) in [5.41, 5.74) is 2.13. The van der Waals surface area contributed by atoms with E-state index in [4.69, 9.17) is 4.74 Å². The van der Waals surface area contributed by atoms with Crippen LogP contribution in [-0.4, -0.2) is 9.78 Å². The van der Waals surface area contributed by atoms with Crippen molar-refractivity contribution in [3.05, 3.63) is 47.4 Å². The van der Waals surface area contributed by atoms with E-state index in [0.717, 1.165) is 36.5 Å². The zero-order chi connectivity index (χ0) is 16.2. The van der Waals surface area contributed by atoms with Crippen molar-refractivity contribution in [2.24, 2.45) is 5.41 Å². The fourth-order valence-corrected chi connectivity index (χ4v) is 2.25. The van der Waals surface area contributed by atoms with E-state index in [2.05, 4.69) is 32.8 Å². The number of aromatic nitrogens is 2. The molecule has 0 aliphatic carbocycles. The lowest BCUT2D eigenvalue weighted by Gasteiger charge is -2.19. The number of benzene rings is 1. The molecule has 22 heavy (non-hydrogen) atoms. The highest BCUT2D eigenvalue weighted by molar-refractivity contribution is 5.19. The Hall–Kier alpha value is -1.84. The summed E-state index contributed by atoms with van der Waals surface area (Å²) in [7, 11) is 0. The van der Waals surface area contributed by atoms with Crippen molar-refractivity contribution in [3.8, 4) is 5.88 Å². The zero-order valence-corrected chi connectivity index (χ0v) is 13.9. The molecule has 0 saturated heterocycles. The van der Waals surface area contributed by atoms with Crippen molar-refractivity contribution < 1.29 is 9.13 Å². The van der Waals surface area contributed by atoms with Crippen LogP contribution in [0.5, 0.6) is 5.88 Å². The van der Waals surface area contributed by atoms with Crippen molar-refractivity contribution in [2.75, 3.05) is 0 Å². The predicted molar refractivity (Wildman–Crippen MR) is 86.4 cm³/mol. The number of halogens is 1. The fraction of sp³-hybridized carbons (Fsp3) is 0.500. The quantitative estimate of drug-likeness (QED) is 0.780. The monoisotopic (exact) mass is 304 g/mol. The Balaban J connectivity index is 2.11. The molecule has 0 N–H and O–H groups in total. The van der Waals surface area contributed by atoms with Crippen LogP contribution in [0.2, 0.25) is 0 Å². The maximum absolute atomic E-state index is 12.9. The van der Waals surface area contributed by atoms with Crippen LogP contribution in [0.3, 0.4) is 0 Å². The Kier molecular flexibility index (Phi) is 5.22. The van der Waals surface area contributed by atoms with Crippen LogP contribution < -0.4 is 4.74 Å². The first-order valence-corrected chi connectivity index (χ1v) is 7.81. The van der Waals surface area contributed by atoms with Gasteiger partial charge in [-0.05, 0) is 29.5 Å². The second kappa shape index (κ2) is 6.95. The highest BCUT2D eigenvalue weighted by Crippen LogP contribution is 2.23. The van der Waals surface area contributed by atoms with Crippen LogP contribution in [0.4, 0.5) is 4.39 Å². The molecule has 0 unspecified atom stereocenters. The Bertz CT molecular complexity index is 597. The Morgan fingerprint density at radius 2 is 1.86 bits per heavy atom. The standard InChI is InChI=1S/C18H25FN2O/c1-5-6-16-11-17(21(20-16)13-18(2,3)4)22-12-14-7-9-15(19)10-8-14/h7-11H,5-6,12-13H2,1-4H3. The number of aryl methyl sites for hydroxylation is 1. The molecule has 0 radical (unpaired) electrons. The maximum Gasteiger partial charge on any atom is 0.212 e. The van der Waals surface area contributed by atoms with Crippen LogP contribution in [0.25, 0.3) is 0 Å². The largest absolute Gasteiger partial charge is 0.473 e. The fourth-order valence-electron chi connectivity index (χ4n) is 2.25. The van der Waals surface area contributed by atoms with Crippen LogP contribution in [0.15, 0.2) is 30.3 Å². The van der Waals surface area contributed by atoms with Gasteiger partial charge >= 0.3 is 0 Å². The third-order valence-corrected chi connectivity index (χ3v) is 3.22. The first kappa shape index (κ1) is 16.5. The second-order valence-corrected chi connectivity index (χ2v) is 6.86. The van der Waals surface area contributed by atoms with E-state index in [-0.39, 0.29) is 11.2 Å². The van der Waals surface area contributed by atoms with Crippen molar-refractivity contribution in [1.29, 1.82) is 0 Å². The van der Waals surface area contributed by atoms with Gasteiger partial charge in [0.2, 0.25) is 5.88 Å². The molecule has 2 rings (SSSR count). The number of rotatable bonds is 6. The van der Waals surface area contributed by atoms with E-state index in [1.54, 1.807) is 12.1 Å². The molecule has 0 spiro atoms. The molecule has 0 saturated carbocycles. The molecule has 0 aliphatic heterocycles. The Labute approximate surface area is 132 Å². The van der Waals surface area contributed by atoms with Crippen molar-refractivity contribution in [3.63, 3.8) is 0 Å². The third kappa shape index (κ3) is 4.86. The van der Waals surface area contributed by atoms with Gasteiger partial charge in [-0.3, -0.25) is 0 Å². The molecule has 0 atom stereocenters. The number of ether oxygens (including phenoxy) is 1.